The van der Waals surface area contributed by atoms with E-state index in [1.807, 2.05) is 6.07 Å². The first-order valence-electron chi connectivity index (χ1n) is 7.86. The SMILES string of the molecule is CC(=O)NCc1ccc(C(=O)OC(C)C(=O)Nc2ccccc2)cc1. The van der Waals surface area contributed by atoms with Gasteiger partial charge in [0.1, 0.15) is 0 Å². The van der Waals surface area contributed by atoms with Crippen molar-refractivity contribution in [3.05, 3.63) is 65.7 Å². The highest BCUT2D eigenvalue weighted by Crippen LogP contribution is 2.10. The third kappa shape index (κ3) is 5.76. The summed E-state index contributed by atoms with van der Waals surface area (Å²) >= 11 is 0. The number of esters is 1. The molecular formula is C19H20N2O4. The molecule has 6 nitrogen and oxygen atoms in total. The van der Waals surface area contributed by atoms with Crippen LogP contribution in [0.5, 0.6) is 0 Å². The van der Waals surface area contributed by atoms with Gasteiger partial charge in [-0.1, -0.05) is 30.3 Å². The summed E-state index contributed by atoms with van der Waals surface area (Å²) in [4.78, 5) is 35.1. The molecule has 0 aromatic heterocycles. The van der Waals surface area contributed by atoms with Crippen molar-refractivity contribution in [1.82, 2.24) is 5.32 Å². The fourth-order valence-corrected chi connectivity index (χ4v) is 2.03. The van der Waals surface area contributed by atoms with Gasteiger partial charge in [-0.25, -0.2) is 4.79 Å². The summed E-state index contributed by atoms with van der Waals surface area (Å²) in [6.45, 7) is 3.34. The minimum atomic E-state index is -0.924. The van der Waals surface area contributed by atoms with Crippen molar-refractivity contribution in [1.29, 1.82) is 0 Å². The lowest BCUT2D eigenvalue weighted by molar-refractivity contribution is -0.123. The van der Waals surface area contributed by atoms with Crippen LogP contribution in [0.25, 0.3) is 0 Å². The van der Waals surface area contributed by atoms with Gasteiger partial charge in [-0.05, 0) is 36.8 Å². The first kappa shape index (κ1) is 18.2. The quantitative estimate of drug-likeness (QED) is 0.791. The van der Waals surface area contributed by atoms with E-state index in [0.29, 0.717) is 17.8 Å². The maximum Gasteiger partial charge on any atom is 0.338 e. The highest BCUT2D eigenvalue weighted by atomic mass is 16.5. The second-order valence-corrected chi connectivity index (χ2v) is 5.51. The number of carbonyl (C=O) groups is 3. The molecule has 2 N–H and O–H groups in total. The molecule has 0 aliphatic carbocycles. The first-order valence-corrected chi connectivity index (χ1v) is 7.86. The van der Waals surface area contributed by atoms with Gasteiger partial charge in [0, 0.05) is 19.2 Å². The van der Waals surface area contributed by atoms with Crippen LogP contribution in [-0.2, 0) is 20.9 Å². The molecule has 0 saturated carbocycles. The third-order valence-electron chi connectivity index (χ3n) is 3.43. The van der Waals surface area contributed by atoms with E-state index in [2.05, 4.69) is 10.6 Å². The first-order chi connectivity index (χ1) is 12.0. The molecule has 2 amide bonds. The number of carbonyl (C=O) groups excluding carboxylic acids is 3. The summed E-state index contributed by atoms with van der Waals surface area (Å²) in [6.07, 6.45) is -0.924. The summed E-state index contributed by atoms with van der Waals surface area (Å²) in [5, 5.41) is 5.35. The van der Waals surface area contributed by atoms with Crippen molar-refractivity contribution in [3.63, 3.8) is 0 Å². The van der Waals surface area contributed by atoms with Crippen molar-refractivity contribution in [3.8, 4) is 0 Å². The van der Waals surface area contributed by atoms with Gasteiger partial charge in [-0.15, -0.1) is 0 Å². The molecule has 0 heterocycles. The second kappa shape index (κ2) is 8.63. The predicted octanol–water partition coefficient (Wildman–Crippen LogP) is 2.51. The van der Waals surface area contributed by atoms with Gasteiger partial charge in [-0.3, -0.25) is 9.59 Å². The van der Waals surface area contributed by atoms with Gasteiger partial charge in [-0.2, -0.15) is 0 Å². The van der Waals surface area contributed by atoms with Crippen LogP contribution in [0.4, 0.5) is 5.69 Å². The van der Waals surface area contributed by atoms with Gasteiger partial charge < -0.3 is 15.4 Å². The van der Waals surface area contributed by atoms with E-state index >= 15 is 0 Å². The Kier molecular flexibility index (Phi) is 6.28. The average Bonchev–Trinajstić information content (AvgIpc) is 2.61. The smallest absolute Gasteiger partial charge is 0.338 e. The molecule has 2 aromatic rings. The molecule has 25 heavy (non-hydrogen) atoms. The van der Waals surface area contributed by atoms with E-state index in [0.717, 1.165) is 5.56 Å². The lowest BCUT2D eigenvalue weighted by Crippen LogP contribution is -2.30. The number of nitrogens with one attached hydrogen (secondary N) is 2. The summed E-state index contributed by atoms with van der Waals surface area (Å²) in [6, 6.07) is 15.6. The maximum atomic E-state index is 12.1. The standard InChI is InChI=1S/C19H20N2O4/c1-13(18(23)21-17-6-4-3-5-7-17)25-19(24)16-10-8-15(9-11-16)12-20-14(2)22/h3-11,13H,12H2,1-2H3,(H,20,22)(H,21,23). The molecule has 0 saturated heterocycles. The highest BCUT2D eigenvalue weighted by Gasteiger charge is 2.19. The Labute approximate surface area is 146 Å². The molecule has 130 valence electrons. The fraction of sp³-hybridized carbons (Fsp3) is 0.211. The number of hydrogen-bond acceptors (Lipinski definition) is 4. The fourth-order valence-electron chi connectivity index (χ4n) is 2.03. The number of amides is 2. The van der Waals surface area contributed by atoms with Crippen LogP contribution in [0.1, 0.15) is 29.8 Å². The zero-order valence-corrected chi connectivity index (χ0v) is 14.1. The number of ether oxygens (including phenoxy) is 1. The molecule has 2 aromatic carbocycles. The zero-order chi connectivity index (χ0) is 18.2. The molecule has 0 radical (unpaired) electrons. The summed E-state index contributed by atoms with van der Waals surface area (Å²) in [7, 11) is 0. The molecule has 1 atom stereocenters. The summed E-state index contributed by atoms with van der Waals surface area (Å²) < 4.78 is 5.19. The second-order valence-electron chi connectivity index (χ2n) is 5.51. The van der Waals surface area contributed by atoms with Crippen LogP contribution in [-0.4, -0.2) is 23.9 Å². The minimum absolute atomic E-state index is 0.123. The highest BCUT2D eigenvalue weighted by molar-refractivity contribution is 5.97. The van der Waals surface area contributed by atoms with Crippen LogP contribution >= 0.6 is 0 Å². The van der Waals surface area contributed by atoms with Crippen LogP contribution < -0.4 is 10.6 Å². The Hall–Kier alpha value is -3.15. The topological polar surface area (TPSA) is 84.5 Å². The predicted molar refractivity (Wildman–Crippen MR) is 93.9 cm³/mol. The van der Waals surface area contributed by atoms with Crippen LogP contribution in [0.2, 0.25) is 0 Å². The van der Waals surface area contributed by atoms with E-state index in [1.165, 1.54) is 13.8 Å². The van der Waals surface area contributed by atoms with Crippen molar-refractivity contribution in [2.45, 2.75) is 26.5 Å². The van der Waals surface area contributed by atoms with Crippen LogP contribution in [0, 0.1) is 0 Å². The lowest BCUT2D eigenvalue weighted by atomic mass is 10.1. The number of anilines is 1. The maximum absolute atomic E-state index is 12.1. The molecular weight excluding hydrogens is 320 g/mol. The van der Waals surface area contributed by atoms with Crippen molar-refractivity contribution >= 4 is 23.5 Å². The van der Waals surface area contributed by atoms with Gasteiger partial charge in [0.15, 0.2) is 6.10 Å². The van der Waals surface area contributed by atoms with E-state index in [9.17, 15) is 14.4 Å². The zero-order valence-electron chi connectivity index (χ0n) is 14.1. The molecule has 0 spiro atoms. The Morgan fingerprint density at radius 3 is 2.24 bits per heavy atom. The molecule has 6 heteroatoms. The Bertz CT molecular complexity index is 742. The van der Waals surface area contributed by atoms with Gasteiger partial charge in [0.05, 0.1) is 5.56 Å². The number of rotatable bonds is 6. The van der Waals surface area contributed by atoms with Crippen LogP contribution in [0.3, 0.4) is 0 Å². The molecule has 0 aliphatic heterocycles. The van der Waals surface area contributed by atoms with Crippen molar-refractivity contribution in [2.24, 2.45) is 0 Å². The lowest BCUT2D eigenvalue weighted by Gasteiger charge is -2.13. The Morgan fingerprint density at radius 1 is 1.00 bits per heavy atom. The monoisotopic (exact) mass is 340 g/mol. The van der Waals surface area contributed by atoms with Crippen molar-refractivity contribution < 1.29 is 19.1 Å². The molecule has 1 unspecified atom stereocenters. The molecule has 0 fully saturated rings. The number of benzene rings is 2. The summed E-state index contributed by atoms with van der Waals surface area (Å²) in [5.41, 5.74) is 1.84. The normalized spacial score (nSPS) is 11.3. The van der Waals surface area contributed by atoms with E-state index in [4.69, 9.17) is 4.74 Å². The largest absolute Gasteiger partial charge is 0.449 e. The Morgan fingerprint density at radius 2 is 1.64 bits per heavy atom. The molecule has 0 bridgehead atoms. The Balaban J connectivity index is 1.89. The molecule has 2 rings (SSSR count). The molecule has 0 aliphatic rings. The van der Waals surface area contributed by atoms with E-state index in [-0.39, 0.29) is 5.91 Å². The van der Waals surface area contributed by atoms with Gasteiger partial charge in [0.2, 0.25) is 5.91 Å². The van der Waals surface area contributed by atoms with Crippen LogP contribution in [0.15, 0.2) is 54.6 Å². The number of hydrogen-bond donors (Lipinski definition) is 2. The minimum Gasteiger partial charge on any atom is -0.449 e. The average molecular weight is 340 g/mol. The summed E-state index contributed by atoms with van der Waals surface area (Å²) in [5.74, 6) is -1.11. The third-order valence-corrected chi connectivity index (χ3v) is 3.43. The van der Waals surface area contributed by atoms with E-state index in [1.54, 1.807) is 48.5 Å². The van der Waals surface area contributed by atoms with Crippen molar-refractivity contribution in [2.75, 3.05) is 5.32 Å². The van der Waals surface area contributed by atoms with E-state index < -0.39 is 18.0 Å². The van der Waals surface area contributed by atoms with Gasteiger partial charge in [0.25, 0.3) is 5.91 Å². The van der Waals surface area contributed by atoms with Gasteiger partial charge >= 0.3 is 5.97 Å². The number of para-hydroxylation sites is 1.